The first-order valence-electron chi connectivity index (χ1n) is 6.50. The Morgan fingerprint density at radius 3 is 3.05 bits per heavy atom. The van der Waals surface area contributed by atoms with Crippen LogP contribution in [0.1, 0.15) is 16.0 Å². The number of thioether (sulfide) groups is 2. The molecule has 0 radical (unpaired) electrons. The van der Waals surface area contributed by atoms with Crippen LogP contribution in [0.4, 0.5) is 0 Å². The smallest absolute Gasteiger partial charge is 0.233 e. The Bertz CT molecular complexity index is 599. The maximum absolute atomic E-state index is 12.1. The van der Waals surface area contributed by atoms with Crippen molar-refractivity contribution < 1.29 is 9.21 Å². The standard InChI is InChI=1S/C14H14BrNO2S3/c15-12-4-3-11(21-12)14-16(13(17)9-20-14)5-7-19-8-10-2-1-6-18-10/h1-4,6,14H,5,7-9H2. The summed E-state index contributed by atoms with van der Waals surface area (Å²) in [4.78, 5) is 15.3. The highest BCUT2D eigenvalue weighted by molar-refractivity contribution is 9.11. The molecule has 2 aromatic rings. The van der Waals surface area contributed by atoms with Crippen LogP contribution in [0.2, 0.25) is 0 Å². The van der Waals surface area contributed by atoms with Gasteiger partial charge < -0.3 is 9.32 Å². The maximum atomic E-state index is 12.1. The lowest BCUT2D eigenvalue weighted by Gasteiger charge is -2.22. The third-order valence-corrected chi connectivity index (χ3v) is 7.13. The van der Waals surface area contributed by atoms with Gasteiger partial charge in [0.15, 0.2) is 0 Å². The topological polar surface area (TPSA) is 33.5 Å². The highest BCUT2D eigenvalue weighted by atomic mass is 79.9. The third kappa shape index (κ3) is 3.88. The van der Waals surface area contributed by atoms with E-state index >= 15 is 0 Å². The van der Waals surface area contributed by atoms with E-state index in [9.17, 15) is 4.79 Å². The van der Waals surface area contributed by atoms with Crippen LogP contribution in [0.15, 0.2) is 38.7 Å². The molecule has 1 fully saturated rings. The zero-order chi connectivity index (χ0) is 14.7. The molecular weight excluding hydrogens is 390 g/mol. The van der Waals surface area contributed by atoms with Crippen molar-refractivity contribution >= 4 is 56.7 Å². The summed E-state index contributed by atoms with van der Waals surface area (Å²) in [5.74, 6) is 3.60. The van der Waals surface area contributed by atoms with Crippen molar-refractivity contribution in [3.05, 3.63) is 45.0 Å². The number of carbonyl (C=O) groups excluding carboxylic acids is 1. The second-order valence-corrected chi connectivity index (χ2v) is 9.19. The number of furan rings is 1. The minimum absolute atomic E-state index is 0.179. The molecule has 0 N–H and O–H groups in total. The van der Waals surface area contributed by atoms with Crippen LogP contribution < -0.4 is 0 Å². The molecule has 7 heteroatoms. The SMILES string of the molecule is O=C1CSC(c2ccc(Br)s2)N1CCSCc1ccco1. The summed E-state index contributed by atoms with van der Waals surface area (Å²) in [7, 11) is 0. The first-order valence-corrected chi connectivity index (χ1v) is 10.3. The molecule has 1 atom stereocenters. The highest BCUT2D eigenvalue weighted by Gasteiger charge is 2.33. The van der Waals surface area contributed by atoms with Crippen molar-refractivity contribution in [2.24, 2.45) is 0 Å². The van der Waals surface area contributed by atoms with Gasteiger partial charge in [-0.2, -0.15) is 11.8 Å². The first-order chi connectivity index (χ1) is 10.2. The maximum Gasteiger partial charge on any atom is 0.233 e. The van der Waals surface area contributed by atoms with Crippen LogP contribution in [-0.4, -0.2) is 28.9 Å². The van der Waals surface area contributed by atoms with Crippen molar-refractivity contribution in [3.63, 3.8) is 0 Å². The van der Waals surface area contributed by atoms with Crippen molar-refractivity contribution in [3.8, 4) is 0 Å². The van der Waals surface area contributed by atoms with E-state index in [1.165, 1.54) is 4.88 Å². The van der Waals surface area contributed by atoms with Gasteiger partial charge >= 0.3 is 0 Å². The van der Waals surface area contributed by atoms with Gasteiger partial charge in [0.05, 0.1) is 21.6 Å². The molecule has 0 aromatic carbocycles. The van der Waals surface area contributed by atoms with Gasteiger partial charge in [-0.05, 0) is 40.2 Å². The molecule has 1 aliphatic rings. The number of nitrogens with zero attached hydrogens (tertiary/aromatic N) is 1. The Morgan fingerprint density at radius 1 is 1.43 bits per heavy atom. The molecule has 0 bridgehead atoms. The first kappa shape index (κ1) is 15.5. The normalized spacial score (nSPS) is 18.6. The second-order valence-electron chi connectivity index (χ2n) is 4.52. The molecule has 2 aromatic heterocycles. The van der Waals surface area contributed by atoms with E-state index in [0.717, 1.165) is 27.6 Å². The monoisotopic (exact) mass is 403 g/mol. The van der Waals surface area contributed by atoms with Crippen molar-refractivity contribution in [1.82, 2.24) is 4.90 Å². The lowest BCUT2D eigenvalue weighted by atomic mass is 10.4. The van der Waals surface area contributed by atoms with E-state index in [-0.39, 0.29) is 11.3 Å². The van der Waals surface area contributed by atoms with Crippen LogP contribution in [0.5, 0.6) is 0 Å². The van der Waals surface area contributed by atoms with E-state index in [0.29, 0.717) is 5.75 Å². The van der Waals surface area contributed by atoms with Gasteiger partial charge in [0, 0.05) is 17.2 Å². The van der Waals surface area contributed by atoms with Gasteiger partial charge in [-0.1, -0.05) is 0 Å². The van der Waals surface area contributed by atoms with Gasteiger partial charge in [-0.15, -0.1) is 23.1 Å². The Hall–Kier alpha value is -0.370. The zero-order valence-corrected chi connectivity index (χ0v) is 15.2. The number of amides is 1. The molecule has 1 amide bonds. The average molecular weight is 404 g/mol. The number of halogens is 1. The molecule has 1 saturated heterocycles. The number of rotatable bonds is 6. The molecular formula is C14H14BrNO2S3. The predicted molar refractivity (Wildman–Crippen MR) is 93.8 cm³/mol. The third-order valence-electron chi connectivity index (χ3n) is 3.11. The molecule has 3 nitrogen and oxygen atoms in total. The van der Waals surface area contributed by atoms with Gasteiger partial charge in [0.2, 0.25) is 5.91 Å². The molecule has 3 rings (SSSR count). The van der Waals surface area contributed by atoms with Gasteiger partial charge in [0.25, 0.3) is 0 Å². The summed E-state index contributed by atoms with van der Waals surface area (Å²) in [5.41, 5.74) is 0. The fourth-order valence-corrected chi connectivity index (χ4v) is 5.84. The van der Waals surface area contributed by atoms with Gasteiger partial charge in [-0.3, -0.25) is 4.79 Å². The lowest BCUT2D eigenvalue weighted by Crippen LogP contribution is -2.30. The predicted octanol–water partition coefficient (Wildman–Crippen LogP) is 4.61. The van der Waals surface area contributed by atoms with E-state index in [1.807, 2.05) is 23.1 Å². The number of hydrogen-bond donors (Lipinski definition) is 0. The Kier molecular flexibility index (Phi) is 5.37. The van der Waals surface area contributed by atoms with Gasteiger partial charge in [0.1, 0.15) is 11.1 Å². The zero-order valence-electron chi connectivity index (χ0n) is 11.2. The molecule has 0 spiro atoms. The Balaban J connectivity index is 1.53. The fraction of sp³-hybridized carbons (Fsp3) is 0.357. The van der Waals surface area contributed by atoms with Crippen LogP contribution in [-0.2, 0) is 10.5 Å². The molecule has 3 heterocycles. The Morgan fingerprint density at radius 2 is 2.33 bits per heavy atom. The summed E-state index contributed by atoms with van der Waals surface area (Å²) >= 11 is 8.72. The highest BCUT2D eigenvalue weighted by Crippen LogP contribution is 2.42. The lowest BCUT2D eigenvalue weighted by molar-refractivity contribution is -0.127. The van der Waals surface area contributed by atoms with Crippen LogP contribution >= 0.6 is 50.8 Å². The van der Waals surface area contributed by atoms with Crippen LogP contribution in [0, 0.1) is 0 Å². The quantitative estimate of drug-likeness (QED) is 0.659. The summed E-state index contributed by atoms with van der Waals surface area (Å²) in [5, 5.41) is 0.179. The summed E-state index contributed by atoms with van der Waals surface area (Å²) in [6.07, 6.45) is 1.70. The van der Waals surface area contributed by atoms with E-state index in [2.05, 4.69) is 22.0 Å². The van der Waals surface area contributed by atoms with E-state index < -0.39 is 0 Å². The minimum Gasteiger partial charge on any atom is -0.468 e. The number of carbonyl (C=O) groups is 1. The molecule has 112 valence electrons. The largest absolute Gasteiger partial charge is 0.468 e. The van der Waals surface area contributed by atoms with Gasteiger partial charge in [-0.25, -0.2) is 0 Å². The van der Waals surface area contributed by atoms with Crippen molar-refractivity contribution in [1.29, 1.82) is 0 Å². The molecule has 1 unspecified atom stereocenters. The fourth-order valence-electron chi connectivity index (χ4n) is 2.12. The summed E-state index contributed by atoms with van der Waals surface area (Å²) < 4.78 is 6.43. The second kappa shape index (κ2) is 7.26. The minimum atomic E-state index is 0.179. The van der Waals surface area contributed by atoms with Crippen molar-refractivity contribution in [2.75, 3.05) is 18.1 Å². The molecule has 1 aliphatic heterocycles. The van der Waals surface area contributed by atoms with Crippen molar-refractivity contribution in [2.45, 2.75) is 11.1 Å². The number of thiophene rings is 1. The summed E-state index contributed by atoms with van der Waals surface area (Å²) in [6, 6.07) is 8.04. The average Bonchev–Trinajstić information content (AvgIpc) is 3.17. The molecule has 21 heavy (non-hydrogen) atoms. The van der Waals surface area contributed by atoms with E-state index in [4.69, 9.17) is 4.42 Å². The number of hydrogen-bond acceptors (Lipinski definition) is 5. The Labute approximate surface area is 144 Å². The molecule has 0 aliphatic carbocycles. The van der Waals surface area contributed by atoms with E-state index in [1.54, 1.807) is 41.1 Å². The van der Waals surface area contributed by atoms with Crippen LogP contribution in [0.25, 0.3) is 0 Å². The molecule has 0 saturated carbocycles. The summed E-state index contributed by atoms with van der Waals surface area (Å²) in [6.45, 7) is 0.789. The van der Waals surface area contributed by atoms with Crippen LogP contribution in [0.3, 0.4) is 0 Å².